The Kier molecular flexibility index (Phi) is 3.27. The number of nitrogens with one attached hydrogen (secondary N) is 1. The second kappa shape index (κ2) is 5.20. The number of aromatic amines is 1. The van der Waals surface area contributed by atoms with Crippen LogP contribution in [0.25, 0.3) is 10.6 Å². The number of nitrogens with zero attached hydrogens (tertiary/aromatic N) is 2. The average Bonchev–Trinajstić information content (AvgIpc) is 3.09. The minimum absolute atomic E-state index is 0.0885. The third kappa shape index (κ3) is 2.36. The number of aromatic nitrogens is 3. The largest absolute Gasteiger partial charge is 0.497 e. The Morgan fingerprint density at radius 3 is 2.48 bits per heavy atom. The zero-order valence-corrected chi connectivity index (χ0v) is 14.3. The van der Waals surface area contributed by atoms with E-state index in [1.807, 2.05) is 26.0 Å². The molecule has 0 amide bonds. The number of methoxy groups -OCH3 is 1. The van der Waals surface area contributed by atoms with Crippen LogP contribution in [-0.2, 0) is 5.41 Å². The van der Waals surface area contributed by atoms with E-state index in [-0.39, 0.29) is 5.41 Å². The molecule has 1 aliphatic rings. The fourth-order valence-corrected chi connectivity index (χ4v) is 4.08. The predicted molar refractivity (Wildman–Crippen MR) is 92.2 cm³/mol. The van der Waals surface area contributed by atoms with Crippen LogP contribution in [0.3, 0.4) is 0 Å². The molecule has 0 radical (unpaired) electrons. The summed E-state index contributed by atoms with van der Waals surface area (Å²) >= 11 is 1.70. The molecular formula is C18H19N3OS. The molecule has 5 heteroatoms. The van der Waals surface area contributed by atoms with Gasteiger partial charge in [0.2, 0.25) is 0 Å². The molecule has 2 aromatic heterocycles. The Morgan fingerprint density at radius 2 is 1.91 bits per heavy atom. The summed E-state index contributed by atoms with van der Waals surface area (Å²) < 4.78 is 5.26. The second-order valence-corrected chi connectivity index (χ2v) is 7.33. The molecular weight excluding hydrogens is 306 g/mol. The summed E-state index contributed by atoms with van der Waals surface area (Å²) in [6.45, 7) is 4.08. The van der Waals surface area contributed by atoms with Crippen LogP contribution in [0.4, 0.5) is 0 Å². The van der Waals surface area contributed by atoms with E-state index >= 15 is 0 Å². The van der Waals surface area contributed by atoms with Crippen molar-refractivity contribution in [3.05, 3.63) is 52.3 Å². The van der Waals surface area contributed by atoms with Crippen LogP contribution in [0.1, 0.15) is 34.8 Å². The van der Waals surface area contributed by atoms with Crippen LogP contribution in [0.2, 0.25) is 0 Å². The molecule has 0 bridgehead atoms. The van der Waals surface area contributed by atoms with Crippen molar-refractivity contribution < 1.29 is 4.74 Å². The molecule has 3 aromatic rings. The molecule has 1 aliphatic carbocycles. The van der Waals surface area contributed by atoms with Gasteiger partial charge in [0.05, 0.1) is 22.7 Å². The molecule has 1 N–H and O–H groups in total. The summed E-state index contributed by atoms with van der Waals surface area (Å²) in [5.41, 5.74) is 4.67. The Balaban J connectivity index is 1.69. The summed E-state index contributed by atoms with van der Waals surface area (Å²) in [5.74, 6) is 0.894. The van der Waals surface area contributed by atoms with Crippen LogP contribution in [0.15, 0.2) is 30.3 Å². The third-order valence-corrected chi connectivity index (χ3v) is 5.72. The first-order valence-corrected chi connectivity index (χ1v) is 8.59. The van der Waals surface area contributed by atoms with Gasteiger partial charge in [-0.1, -0.05) is 12.1 Å². The van der Waals surface area contributed by atoms with E-state index in [0.717, 1.165) is 39.9 Å². The number of rotatable bonds is 4. The van der Waals surface area contributed by atoms with Gasteiger partial charge in [-0.05, 0) is 50.5 Å². The molecule has 4 nitrogen and oxygen atoms in total. The summed E-state index contributed by atoms with van der Waals surface area (Å²) in [5, 5.41) is 8.90. The van der Waals surface area contributed by atoms with Crippen molar-refractivity contribution >= 4 is 11.3 Å². The zero-order chi connectivity index (χ0) is 16.0. The van der Waals surface area contributed by atoms with E-state index in [1.54, 1.807) is 18.4 Å². The molecule has 118 valence electrons. The molecule has 4 rings (SSSR count). The number of thiazole rings is 1. The summed E-state index contributed by atoms with van der Waals surface area (Å²) in [4.78, 5) is 5.67. The van der Waals surface area contributed by atoms with E-state index in [9.17, 15) is 0 Å². The maximum absolute atomic E-state index is 5.26. The number of aryl methyl sites for hydroxylation is 2. The lowest BCUT2D eigenvalue weighted by Gasteiger charge is -2.14. The van der Waals surface area contributed by atoms with E-state index in [0.29, 0.717) is 0 Å². The van der Waals surface area contributed by atoms with Crippen molar-refractivity contribution in [3.8, 4) is 16.3 Å². The molecule has 1 aromatic carbocycles. The van der Waals surface area contributed by atoms with Gasteiger partial charge < -0.3 is 4.74 Å². The van der Waals surface area contributed by atoms with Gasteiger partial charge in [0.15, 0.2) is 0 Å². The van der Waals surface area contributed by atoms with Gasteiger partial charge in [-0.2, -0.15) is 5.10 Å². The maximum atomic E-state index is 5.26. The lowest BCUT2D eigenvalue weighted by atomic mass is 9.92. The van der Waals surface area contributed by atoms with Crippen molar-refractivity contribution in [2.45, 2.75) is 32.1 Å². The topological polar surface area (TPSA) is 50.8 Å². The Morgan fingerprint density at radius 1 is 1.17 bits per heavy atom. The number of hydrogen-bond acceptors (Lipinski definition) is 4. The van der Waals surface area contributed by atoms with Gasteiger partial charge in [-0.15, -0.1) is 11.3 Å². The molecule has 0 aliphatic heterocycles. The van der Waals surface area contributed by atoms with Crippen molar-refractivity contribution in [3.63, 3.8) is 0 Å². The van der Waals surface area contributed by atoms with Gasteiger partial charge in [0.25, 0.3) is 0 Å². The van der Waals surface area contributed by atoms with Crippen molar-refractivity contribution in [2.75, 3.05) is 7.11 Å². The fraction of sp³-hybridized carbons (Fsp3) is 0.333. The minimum atomic E-state index is 0.0885. The normalized spacial score (nSPS) is 15.6. The lowest BCUT2D eigenvalue weighted by molar-refractivity contribution is 0.414. The van der Waals surface area contributed by atoms with Crippen LogP contribution >= 0.6 is 11.3 Å². The van der Waals surface area contributed by atoms with E-state index < -0.39 is 0 Å². The van der Waals surface area contributed by atoms with Crippen LogP contribution in [-0.4, -0.2) is 22.3 Å². The number of benzene rings is 1. The van der Waals surface area contributed by atoms with Crippen molar-refractivity contribution in [1.82, 2.24) is 15.2 Å². The second-order valence-electron chi connectivity index (χ2n) is 6.12. The highest BCUT2D eigenvalue weighted by molar-refractivity contribution is 7.15. The Labute approximate surface area is 139 Å². The minimum Gasteiger partial charge on any atom is -0.497 e. The van der Waals surface area contributed by atoms with E-state index in [4.69, 9.17) is 4.74 Å². The summed E-state index contributed by atoms with van der Waals surface area (Å²) in [6, 6.07) is 10.6. The highest BCUT2D eigenvalue weighted by atomic mass is 32.1. The first-order chi connectivity index (χ1) is 11.1. The molecule has 1 saturated carbocycles. The highest BCUT2D eigenvalue weighted by Gasteiger charge is 2.47. The van der Waals surface area contributed by atoms with Crippen LogP contribution < -0.4 is 4.74 Å². The smallest absolute Gasteiger partial charge is 0.118 e. The summed E-state index contributed by atoms with van der Waals surface area (Å²) in [6.07, 6.45) is 2.31. The fourth-order valence-electron chi connectivity index (χ4n) is 3.20. The lowest BCUT2D eigenvalue weighted by Crippen LogP contribution is -2.09. The van der Waals surface area contributed by atoms with Gasteiger partial charge in [-0.25, -0.2) is 4.98 Å². The molecule has 0 unspecified atom stereocenters. The maximum Gasteiger partial charge on any atom is 0.118 e. The van der Waals surface area contributed by atoms with Crippen molar-refractivity contribution in [1.29, 1.82) is 0 Å². The molecule has 1 fully saturated rings. The van der Waals surface area contributed by atoms with Crippen LogP contribution in [0.5, 0.6) is 5.75 Å². The quantitative estimate of drug-likeness (QED) is 0.780. The first-order valence-electron chi connectivity index (χ1n) is 7.77. The van der Waals surface area contributed by atoms with Gasteiger partial charge in [0, 0.05) is 11.1 Å². The number of H-pyrrole nitrogens is 1. The summed E-state index contributed by atoms with van der Waals surface area (Å²) in [7, 11) is 1.70. The molecule has 0 saturated heterocycles. The van der Waals surface area contributed by atoms with Gasteiger partial charge >= 0.3 is 0 Å². The first kappa shape index (κ1) is 14.5. The van der Waals surface area contributed by atoms with Crippen LogP contribution in [0, 0.1) is 13.8 Å². The average molecular weight is 325 g/mol. The van der Waals surface area contributed by atoms with Crippen molar-refractivity contribution in [2.24, 2.45) is 0 Å². The van der Waals surface area contributed by atoms with Gasteiger partial charge in [-0.3, -0.25) is 5.10 Å². The monoisotopic (exact) mass is 325 g/mol. The third-order valence-electron chi connectivity index (χ3n) is 4.62. The Bertz CT molecular complexity index is 844. The molecule has 23 heavy (non-hydrogen) atoms. The predicted octanol–water partition coefficient (Wildman–Crippen LogP) is 4.24. The number of ether oxygens (including phenoxy) is 1. The number of hydrogen-bond donors (Lipinski definition) is 1. The SMILES string of the molecule is COc1ccc(C2(c3cc(-c4sc(C)nc4C)n[nH]3)CC2)cc1. The van der Waals surface area contributed by atoms with E-state index in [2.05, 4.69) is 33.4 Å². The zero-order valence-electron chi connectivity index (χ0n) is 13.5. The molecule has 0 spiro atoms. The Hall–Kier alpha value is -2.14. The molecule has 0 atom stereocenters. The molecule has 2 heterocycles. The standard InChI is InChI=1S/C18H19N3OS/c1-11-17(23-12(2)19-11)15-10-16(21-20-15)18(8-9-18)13-4-6-14(22-3)7-5-13/h4-7,10H,8-9H2,1-3H3,(H,20,21). The van der Waals surface area contributed by atoms with E-state index in [1.165, 1.54) is 11.3 Å². The highest BCUT2D eigenvalue weighted by Crippen LogP contribution is 2.53. The van der Waals surface area contributed by atoms with Gasteiger partial charge in [0.1, 0.15) is 11.4 Å².